The first-order chi connectivity index (χ1) is 6.88. The SMILES string of the molecule is Cc1cc2[nH]c(=O)[nH]c2cc1S(=O)(=O)O.O. The molecule has 0 aliphatic rings. The van der Waals surface area contributed by atoms with Gasteiger partial charge in [0.05, 0.1) is 15.9 Å². The number of aromatic nitrogens is 2. The average Bonchev–Trinajstić information content (AvgIpc) is 2.40. The van der Waals surface area contributed by atoms with E-state index in [0.717, 1.165) is 0 Å². The topological polar surface area (TPSA) is 135 Å². The molecule has 0 atom stereocenters. The summed E-state index contributed by atoms with van der Waals surface area (Å²) in [5, 5.41) is 0. The molecule has 0 aliphatic carbocycles. The van der Waals surface area contributed by atoms with Crippen molar-refractivity contribution in [2.45, 2.75) is 11.8 Å². The van der Waals surface area contributed by atoms with Gasteiger partial charge in [-0.05, 0) is 24.6 Å². The number of H-pyrrole nitrogens is 2. The van der Waals surface area contributed by atoms with Crippen LogP contribution in [0.4, 0.5) is 0 Å². The van der Waals surface area contributed by atoms with E-state index in [9.17, 15) is 13.2 Å². The average molecular weight is 246 g/mol. The van der Waals surface area contributed by atoms with Crippen LogP contribution in [0.15, 0.2) is 21.8 Å². The summed E-state index contributed by atoms with van der Waals surface area (Å²) in [7, 11) is -4.25. The monoisotopic (exact) mass is 246 g/mol. The van der Waals surface area contributed by atoms with Gasteiger partial charge in [-0.1, -0.05) is 0 Å². The van der Waals surface area contributed by atoms with Crippen LogP contribution < -0.4 is 5.69 Å². The minimum absolute atomic E-state index is 0. The molecule has 0 radical (unpaired) electrons. The minimum atomic E-state index is -4.25. The number of rotatable bonds is 1. The Balaban J connectivity index is 0.00000128. The summed E-state index contributed by atoms with van der Waals surface area (Å²) in [4.78, 5) is 15.6. The molecule has 0 aliphatic heterocycles. The van der Waals surface area contributed by atoms with Crippen molar-refractivity contribution in [1.82, 2.24) is 9.97 Å². The third kappa shape index (κ3) is 1.98. The number of imidazole rings is 1. The van der Waals surface area contributed by atoms with Crippen molar-refractivity contribution in [3.8, 4) is 0 Å². The van der Waals surface area contributed by atoms with Crippen molar-refractivity contribution >= 4 is 21.2 Å². The van der Waals surface area contributed by atoms with Crippen LogP contribution in [0.1, 0.15) is 5.56 Å². The van der Waals surface area contributed by atoms with Crippen molar-refractivity contribution in [3.05, 3.63) is 28.2 Å². The largest absolute Gasteiger partial charge is 0.412 e. The quantitative estimate of drug-likeness (QED) is 0.589. The second kappa shape index (κ2) is 3.74. The number of aryl methyl sites for hydroxylation is 1. The molecule has 0 saturated carbocycles. The van der Waals surface area contributed by atoms with Crippen LogP contribution in [-0.2, 0) is 10.1 Å². The van der Waals surface area contributed by atoms with Crippen LogP contribution in [0.25, 0.3) is 11.0 Å². The van der Waals surface area contributed by atoms with Crippen molar-refractivity contribution < 1.29 is 18.4 Å². The maximum Gasteiger partial charge on any atom is 0.323 e. The molecule has 8 heteroatoms. The lowest BCUT2D eigenvalue weighted by Gasteiger charge is -2.01. The van der Waals surface area contributed by atoms with Crippen LogP contribution in [0.5, 0.6) is 0 Å². The zero-order chi connectivity index (χ0) is 11.2. The summed E-state index contributed by atoms with van der Waals surface area (Å²) in [6.45, 7) is 1.54. The van der Waals surface area contributed by atoms with Gasteiger partial charge in [-0.25, -0.2) is 4.79 Å². The maximum atomic E-state index is 11.0. The zero-order valence-electron chi connectivity index (χ0n) is 8.23. The number of fused-ring (bicyclic) bond motifs is 1. The molecule has 2 rings (SSSR count). The fourth-order valence-corrected chi connectivity index (χ4v) is 2.18. The molecule has 88 valence electrons. The van der Waals surface area contributed by atoms with Crippen LogP contribution in [0.2, 0.25) is 0 Å². The highest BCUT2D eigenvalue weighted by Crippen LogP contribution is 2.19. The highest BCUT2D eigenvalue weighted by Gasteiger charge is 2.14. The van der Waals surface area contributed by atoms with Gasteiger partial charge in [0.2, 0.25) is 0 Å². The second-order valence-corrected chi connectivity index (χ2v) is 4.61. The van der Waals surface area contributed by atoms with Crippen molar-refractivity contribution in [3.63, 3.8) is 0 Å². The van der Waals surface area contributed by atoms with E-state index in [-0.39, 0.29) is 10.4 Å². The van der Waals surface area contributed by atoms with Gasteiger partial charge in [-0.3, -0.25) is 4.55 Å². The number of aromatic amines is 2. The van der Waals surface area contributed by atoms with E-state index in [1.165, 1.54) is 19.1 Å². The van der Waals surface area contributed by atoms with Gasteiger partial charge in [-0.15, -0.1) is 0 Å². The van der Waals surface area contributed by atoms with Crippen molar-refractivity contribution in [2.75, 3.05) is 0 Å². The first-order valence-electron chi connectivity index (χ1n) is 4.08. The van der Waals surface area contributed by atoms with Crippen LogP contribution >= 0.6 is 0 Å². The summed E-state index contributed by atoms with van der Waals surface area (Å²) >= 11 is 0. The van der Waals surface area contributed by atoms with Gasteiger partial charge in [0.25, 0.3) is 10.1 Å². The van der Waals surface area contributed by atoms with Crippen molar-refractivity contribution in [1.29, 1.82) is 0 Å². The molecule has 0 unspecified atom stereocenters. The molecule has 0 amide bonds. The Labute approximate surface area is 90.2 Å². The van der Waals surface area contributed by atoms with Crippen LogP contribution in [0, 0.1) is 6.92 Å². The van der Waals surface area contributed by atoms with E-state index in [2.05, 4.69) is 9.97 Å². The molecule has 5 N–H and O–H groups in total. The third-order valence-corrected chi connectivity index (χ3v) is 3.09. The predicted molar refractivity (Wildman–Crippen MR) is 57.1 cm³/mol. The molecule has 0 bridgehead atoms. The highest BCUT2D eigenvalue weighted by molar-refractivity contribution is 7.85. The fourth-order valence-electron chi connectivity index (χ4n) is 1.45. The standard InChI is InChI=1S/C8H8N2O4S.H2O/c1-4-2-5-6(10-8(11)9-5)3-7(4)15(12,13)14;/h2-3H,1H3,(H2,9,10,11)(H,12,13,14);1H2. The molecule has 7 nitrogen and oxygen atoms in total. The molecule has 0 saturated heterocycles. The van der Waals surface area contributed by atoms with Gasteiger partial charge in [0.1, 0.15) is 0 Å². The normalized spacial score (nSPS) is 11.4. The Morgan fingerprint density at radius 2 is 1.69 bits per heavy atom. The minimum Gasteiger partial charge on any atom is -0.412 e. The third-order valence-electron chi connectivity index (χ3n) is 2.09. The molecular weight excluding hydrogens is 236 g/mol. The summed E-state index contributed by atoms with van der Waals surface area (Å²) in [5.74, 6) is 0. The van der Waals surface area contributed by atoms with E-state index in [0.29, 0.717) is 16.6 Å². The Kier molecular flexibility index (Phi) is 2.91. The van der Waals surface area contributed by atoms with E-state index in [1.807, 2.05) is 0 Å². The molecule has 16 heavy (non-hydrogen) atoms. The molecule has 0 fully saturated rings. The lowest BCUT2D eigenvalue weighted by molar-refractivity contribution is 0.482. The van der Waals surface area contributed by atoms with E-state index in [4.69, 9.17) is 4.55 Å². The summed E-state index contributed by atoms with van der Waals surface area (Å²) < 4.78 is 30.8. The number of hydrogen-bond donors (Lipinski definition) is 3. The lowest BCUT2D eigenvalue weighted by atomic mass is 10.2. The van der Waals surface area contributed by atoms with E-state index < -0.39 is 15.8 Å². The summed E-state index contributed by atoms with van der Waals surface area (Å²) in [5.41, 5.74) is 0.806. The Morgan fingerprint density at radius 1 is 1.19 bits per heavy atom. The molecular formula is C8H10N2O5S. The number of nitrogens with one attached hydrogen (secondary N) is 2. The van der Waals surface area contributed by atoms with Gasteiger partial charge >= 0.3 is 5.69 Å². The molecule has 2 aromatic rings. The highest BCUT2D eigenvalue weighted by atomic mass is 32.2. The van der Waals surface area contributed by atoms with Crippen LogP contribution in [-0.4, -0.2) is 28.4 Å². The van der Waals surface area contributed by atoms with Gasteiger partial charge in [0.15, 0.2) is 0 Å². The lowest BCUT2D eigenvalue weighted by Crippen LogP contribution is -2.00. The molecule has 1 heterocycles. The Morgan fingerprint density at radius 3 is 2.19 bits per heavy atom. The Hall–Kier alpha value is -1.64. The smallest absolute Gasteiger partial charge is 0.323 e. The summed E-state index contributed by atoms with van der Waals surface area (Å²) in [6, 6.07) is 2.70. The van der Waals surface area contributed by atoms with Crippen molar-refractivity contribution in [2.24, 2.45) is 0 Å². The molecule has 1 aromatic carbocycles. The first kappa shape index (κ1) is 12.4. The Bertz CT molecular complexity index is 682. The first-order valence-corrected chi connectivity index (χ1v) is 5.52. The van der Waals surface area contributed by atoms with Gasteiger partial charge in [-0.2, -0.15) is 8.42 Å². The summed E-state index contributed by atoms with van der Waals surface area (Å²) in [6.07, 6.45) is 0. The number of benzene rings is 1. The van der Waals surface area contributed by atoms with E-state index in [1.54, 1.807) is 0 Å². The van der Waals surface area contributed by atoms with Gasteiger partial charge in [0, 0.05) is 0 Å². The molecule has 0 spiro atoms. The fraction of sp³-hybridized carbons (Fsp3) is 0.125. The van der Waals surface area contributed by atoms with Gasteiger partial charge < -0.3 is 15.4 Å². The number of hydrogen-bond acceptors (Lipinski definition) is 3. The second-order valence-electron chi connectivity index (χ2n) is 3.22. The van der Waals surface area contributed by atoms with Crippen LogP contribution in [0.3, 0.4) is 0 Å². The maximum absolute atomic E-state index is 11.0. The van der Waals surface area contributed by atoms with E-state index >= 15 is 0 Å². The predicted octanol–water partition coefficient (Wildman–Crippen LogP) is -0.413. The molecule has 1 aromatic heterocycles. The zero-order valence-corrected chi connectivity index (χ0v) is 9.05.